The van der Waals surface area contributed by atoms with Gasteiger partial charge < -0.3 is 9.47 Å². The number of ether oxygens (including phenoxy) is 2. The molecule has 104 valence electrons. The van der Waals surface area contributed by atoms with Crippen molar-refractivity contribution in [2.24, 2.45) is 0 Å². The normalized spacial score (nSPS) is 10.2. The van der Waals surface area contributed by atoms with E-state index in [0.717, 1.165) is 20.8 Å². The summed E-state index contributed by atoms with van der Waals surface area (Å²) >= 11 is 6.88. The lowest BCUT2D eigenvalue weighted by Gasteiger charge is -2.13. The minimum atomic E-state index is 0.312. The molecule has 0 N–H and O–H groups in total. The average Bonchev–Trinajstić information content (AvgIpc) is 2.46. The Morgan fingerprint density at radius 3 is 2.45 bits per heavy atom. The van der Waals surface area contributed by atoms with Crippen LogP contribution in [-0.2, 0) is 6.61 Å². The summed E-state index contributed by atoms with van der Waals surface area (Å²) in [5.41, 5.74) is 1.41. The highest BCUT2D eigenvalue weighted by Gasteiger charge is 2.09. The molecule has 0 fully saturated rings. The van der Waals surface area contributed by atoms with Crippen molar-refractivity contribution >= 4 is 38.1 Å². The maximum Gasteiger partial charge on any atom is 0.150 e. The van der Waals surface area contributed by atoms with Crippen LogP contribution in [-0.4, -0.2) is 13.4 Å². The molecule has 0 radical (unpaired) electrons. The monoisotopic (exact) mass is 398 g/mol. The zero-order chi connectivity index (χ0) is 14.5. The van der Waals surface area contributed by atoms with Crippen molar-refractivity contribution in [3.8, 4) is 11.5 Å². The molecule has 0 bridgehead atoms. The Bertz CT molecular complexity index is 606. The summed E-state index contributed by atoms with van der Waals surface area (Å²) in [6.45, 7) is 0.312. The number of hydrogen-bond donors (Lipinski definition) is 0. The van der Waals surface area contributed by atoms with Crippen molar-refractivity contribution in [3.63, 3.8) is 0 Å². The fourth-order valence-corrected chi connectivity index (χ4v) is 2.98. The number of benzene rings is 2. The van der Waals surface area contributed by atoms with Gasteiger partial charge in [-0.1, -0.05) is 6.07 Å². The van der Waals surface area contributed by atoms with E-state index in [1.807, 2.05) is 18.2 Å². The highest BCUT2D eigenvalue weighted by Crippen LogP contribution is 2.34. The van der Waals surface area contributed by atoms with Gasteiger partial charge in [-0.25, -0.2) is 0 Å². The highest BCUT2D eigenvalue weighted by molar-refractivity contribution is 9.11. The molecule has 2 aromatic carbocycles. The van der Waals surface area contributed by atoms with Crippen LogP contribution in [0.2, 0.25) is 0 Å². The number of carbonyl (C=O) groups is 1. The molecule has 0 aromatic heterocycles. The van der Waals surface area contributed by atoms with Crippen molar-refractivity contribution in [1.82, 2.24) is 0 Å². The van der Waals surface area contributed by atoms with E-state index < -0.39 is 0 Å². The number of hydrogen-bond acceptors (Lipinski definition) is 3. The molecule has 0 saturated heterocycles. The zero-order valence-corrected chi connectivity index (χ0v) is 13.9. The smallest absolute Gasteiger partial charge is 0.150 e. The van der Waals surface area contributed by atoms with Gasteiger partial charge in [0.2, 0.25) is 0 Å². The van der Waals surface area contributed by atoms with Crippen molar-refractivity contribution < 1.29 is 14.3 Å². The Hall–Kier alpha value is -1.33. The van der Waals surface area contributed by atoms with Crippen LogP contribution in [0, 0.1) is 0 Å². The molecule has 0 aliphatic heterocycles. The van der Waals surface area contributed by atoms with Crippen LogP contribution in [0.25, 0.3) is 0 Å². The minimum Gasteiger partial charge on any atom is -0.496 e. The van der Waals surface area contributed by atoms with E-state index in [1.54, 1.807) is 25.3 Å². The molecule has 0 atom stereocenters. The second-order valence-corrected chi connectivity index (χ2v) is 5.74. The molecule has 2 aromatic rings. The van der Waals surface area contributed by atoms with Crippen LogP contribution in [0.3, 0.4) is 0 Å². The van der Waals surface area contributed by atoms with E-state index in [-0.39, 0.29) is 0 Å². The Kier molecular flexibility index (Phi) is 5.20. The molecular formula is C15H12Br2O3. The molecule has 5 heteroatoms. The molecule has 3 nitrogen and oxygen atoms in total. The second-order valence-electron chi connectivity index (χ2n) is 4.03. The van der Waals surface area contributed by atoms with Crippen molar-refractivity contribution in [3.05, 3.63) is 56.5 Å². The summed E-state index contributed by atoms with van der Waals surface area (Å²) in [5, 5.41) is 0. The van der Waals surface area contributed by atoms with Gasteiger partial charge >= 0.3 is 0 Å². The summed E-state index contributed by atoms with van der Waals surface area (Å²) in [6, 6.07) is 10.9. The van der Waals surface area contributed by atoms with Gasteiger partial charge in [-0.15, -0.1) is 0 Å². The summed E-state index contributed by atoms with van der Waals surface area (Å²) in [5.74, 6) is 1.41. The largest absolute Gasteiger partial charge is 0.496 e. The van der Waals surface area contributed by atoms with E-state index in [0.29, 0.717) is 23.7 Å². The Balaban J connectivity index is 2.24. The van der Waals surface area contributed by atoms with Gasteiger partial charge in [0.05, 0.1) is 16.1 Å². The van der Waals surface area contributed by atoms with E-state index in [4.69, 9.17) is 9.47 Å². The van der Waals surface area contributed by atoms with Crippen LogP contribution in [0.5, 0.6) is 11.5 Å². The third-order valence-electron chi connectivity index (χ3n) is 2.73. The molecule has 2 rings (SSSR count). The molecule has 0 spiro atoms. The number of para-hydroxylation sites is 1. The predicted molar refractivity (Wildman–Crippen MR) is 84.6 cm³/mol. The van der Waals surface area contributed by atoms with Crippen LogP contribution < -0.4 is 9.47 Å². The molecule has 0 amide bonds. The predicted octanol–water partition coefficient (Wildman–Crippen LogP) is 4.61. The van der Waals surface area contributed by atoms with Gasteiger partial charge in [-0.05, 0) is 62.2 Å². The Morgan fingerprint density at radius 1 is 1.15 bits per heavy atom. The standard InChI is InChI=1S/C15H12Br2O3/c1-19-14-6-5-10(8-18)7-11(14)9-20-15-12(16)3-2-4-13(15)17/h2-8H,9H2,1H3. The topological polar surface area (TPSA) is 35.5 Å². The van der Waals surface area contributed by atoms with E-state index in [2.05, 4.69) is 31.9 Å². The first-order valence-corrected chi connectivity index (χ1v) is 7.43. The molecule has 0 aliphatic rings. The number of halogens is 2. The first kappa shape index (κ1) is 15.1. The summed E-state index contributed by atoms with van der Waals surface area (Å²) in [6.07, 6.45) is 0.803. The quantitative estimate of drug-likeness (QED) is 0.688. The van der Waals surface area contributed by atoms with Crippen LogP contribution in [0.15, 0.2) is 45.3 Å². The third kappa shape index (κ3) is 3.41. The van der Waals surface area contributed by atoms with Gasteiger partial charge in [0.15, 0.2) is 0 Å². The van der Waals surface area contributed by atoms with Crippen molar-refractivity contribution in [1.29, 1.82) is 0 Å². The van der Waals surface area contributed by atoms with E-state index in [1.165, 1.54) is 0 Å². The highest BCUT2D eigenvalue weighted by atomic mass is 79.9. The molecule has 20 heavy (non-hydrogen) atoms. The zero-order valence-electron chi connectivity index (χ0n) is 10.7. The first-order chi connectivity index (χ1) is 9.65. The number of carbonyl (C=O) groups excluding carboxylic acids is 1. The summed E-state index contributed by atoms with van der Waals surface area (Å²) in [7, 11) is 1.59. The van der Waals surface area contributed by atoms with Gasteiger partial charge in [-0.3, -0.25) is 4.79 Å². The van der Waals surface area contributed by atoms with Gasteiger partial charge in [0.25, 0.3) is 0 Å². The Morgan fingerprint density at radius 2 is 1.85 bits per heavy atom. The SMILES string of the molecule is COc1ccc(C=O)cc1COc1c(Br)cccc1Br. The van der Waals surface area contributed by atoms with E-state index in [9.17, 15) is 4.79 Å². The molecule has 0 unspecified atom stereocenters. The first-order valence-electron chi connectivity index (χ1n) is 5.84. The lowest BCUT2D eigenvalue weighted by atomic mass is 10.1. The van der Waals surface area contributed by atoms with Crippen LogP contribution in [0.1, 0.15) is 15.9 Å². The third-order valence-corrected chi connectivity index (χ3v) is 3.98. The van der Waals surface area contributed by atoms with Crippen molar-refractivity contribution in [2.45, 2.75) is 6.61 Å². The van der Waals surface area contributed by atoms with Gasteiger partial charge in [-0.2, -0.15) is 0 Å². The lowest BCUT2D eigenvalue weighted by molar-refractivity contribution is 0.112. The maximum absolute atomic E-state index is 10.8. The molecular weight excluding hydrogens is 388 g/mol. The van der Waals surface area contributed by atoms with Crippen molar-refractivity contribution in [2.75, 3.05) is 7.11 Å². The van der Waals surface area contributed by atoms with Crippen LogP contribution in [0.4, 0.5) is 0 Å². The Labute approximate surface area is 134 Å². The van der Waals surface area contributed by atoms with Gasteiger partial charge in [0, 0.05) is 11.1 Å². The minimum absolute atomic E-state index is 0.312. The van der Waals surface area contributed by atoms with Crippen LogP contribution >= 0.6 is 31.9 Å². The number of rotatable bonds is 5. The summed E-state index contributed by atoms with van der Waals surface area (Å²) < 4.78 is 12.8. The lowest BCUT2D eigenvalue weighted by Crippen LogP contribution is -2.00. The summed E-state index contributed by atoms with van der Waals surface area (Å²) in [4.78, 5) is 10.8. The second kappa shape index (κ2) is 6.90. The maximum atomic E-state index is 10.8. The number of aldehydes is 1. The molecule has 0 aliphatic carbocycles. The fraction of sp³-hybridized carbons (Fsp3) is 0.133. The fourth-order valence-electron chi connectivity index (χ4n) is 1.75. The molecule has 0 saturated carbocycles. The molecule has 0 heterocycles. The van der Waals surface area contributed by atoms with E-state index >= 15 is 0 Å². The van der Waals surface area contributed by atoms with Gasteiger partial charge in [0.1, 0.15) is 24.4 Å². The number of methoxy groups -OCH3 is 1. The average molecular weight is 400 g/mol.